The lowest BCUT2D eigenvalue weighted by Crippen LogP contribution is -2.41. The van der Waals surface area contributed by atoms with Crippen LogP contribution >= 0.6 is 0 Å². The molecule has 8 nitrogen and oxygen atoms in total. The smallest absolute Gasteiger partial charge is 0.407 e. The zero-order valence-electron chi connectivity index (χ0n) is 16.4. The molecule has 1 aliphatic rings. The molecule has 0 heterocycles. The third-order valence-corrected chi connectivity index (χ3v) is 4.18. The number of esters is 1. The van der Waals surface area contributed by atoms with E-state index in [0.717, 1.165) is 0 Å². The van der Waals surface area contributed by atoms with Crippen LogP contribution in [0.15, 0.2) is 0 Å². The number of nitrogens with one attached hydrogen (secondary N) is 2. The van der Waals surface area contributed by atoms with Crippen LogP contribution in [0.2, 0.25) is 0 Å². The summed E-state index contributed by atoms with van der Waals surface area (Å²) in [6.45, 7) is 8.25. The number of alkyl carbamates (subject to hydrolysis) is 1. The number of rotatable bonds is 8. The maximum atomic E-state index is 12.1. The summed E-state index contributed by atoms with van der Waals surface area (Å²) < 4.78 is 15.7. The van der Waals surface area contributed by atoms with Gasteiger partial charge in [0.1, 0.15) is 5.60 Å². The van der Waals surface area contributed by atoms with E-state index in [1.54, 1.807) is 20.8 Å². The van der Waals surface area contributed by atoms with E-state index in [1.807, 2.05) is 0 Å². The lowest BCUT2D eigenvalue weighted by atomic mass is 9.99. The third kappa shape index (κ3) is 8.51. The van der Waals surface area contributed by atoms with Crippen LogP contribution < -0.4 is 10.6 Å². The summed E-state index contributed by atoms with van der Waals surface area (Å²) in [4.78, 5) is 34.7. The van der Waals surface area contributed by atoms with Crippen molar-refractivity contribution in [1.29, 1.82) is 0 Å². The summed E-state index contributed by atoms with van der Waals surface area (Å²) in [6, 6.07) is -0.159. The summed E-state index contributed by atoms with van der Waals surface area (Å²) in [7, 11) is 1.37. The fourth-order valence-corrected chi connectivity index (χ4v) is 3.07. The van der Waals surface area contributed by atoms with E-state index in [2.05, 4.69) is 10.6 Å². The molecule has 8 heteroatoms. The van der Waals surface area contributed by atoms with E-state index in [0.29, 0.717) is 39.0 Å². The highest BCUT2D eigenvalue weighted by molar-refractivity contribution is 5.73. The van der Waals surface area contributed by atoms with Gasteiger partial charge in [-0.05, 0) is 46.0 Å². The second kappa shape index (κ2) is 10.4. The van der Waals surface area contributed by atoms with E-state index < -0.39 is 11.7 Å². The molecule has 0 spiro atoms. The lowest BCUT2D eigenvalue weighted by molar-refractivity contribution is -0.145. The van der Waals surface area contributed by atoms with E-state index in [1.165, 1.54) is 14.0 Å². The van der Waals surface area contributed by atoms with Crippen molar-refractivity contribution in [3.63, 3.8) is 0 Å². The highest BCUT2D eigenvalue weighted by Crippen LogP contribution is 2.34. The molecule has 0 aromatic rings. The first-order chi connectivity index (χ1) is 12.1. The molecule has 0 bridgehead atoms. The fourth-order valence-electron chi connectivity index (χ4n) is 3.07. The van der Waals surface area contributed by atoms with Crippen molar-refractivity contribution in [3.8, 4) is 0 Å². The van der Waals surface area contributed by atoms with E-state index in [9.17, 15) is 14.4 Å². The van der Waals surface area contributed by atoms with Gasteiger partial charge in [-0.25, -0.2) is 4.79 Å². The second-order valence-corrected chi connectivity index (χ2v) is 7.59. The topological polar surface area (TPSA) is 103 Å². The first kappa shape index (κ1) is 22.2. The van der Waals surface area contributed by atoms with Crippen molar-refractivity contribution in [2.75, 3.05) is 26.9 Å². The van der Waals surface area contributed by atoms with Gasteiger partial charge in [0, 0.05) is 26.1 Å². The van der Waals surface area contributed by atoms with Gasteiger partial charge >= 0.3 is 12.1 Å². The molecule has 1 fully saturated rings. The van der Waals surface area contributed by atoms with Gasteiger partial charge in [-0.15, -0.1) is 0 Å². The van der Waals surface area contributed by atoms with Gasteiger partial charge in [0.05, 0.1) is 19.6 Å². The standard InChI is InChI=1S/C18H32N2O6/c1-12(21)19-7-9-25-8-6-13-10-14(16(22)24-5)11-15(13)20-17(23)26-18(2,3)4/h13-15H,6-11H2,1-5H3,(H,19,21)(H,20,23)/t13-,14-,15-/m1/s1. The van der Waals surface area contributed by atoms with Crippen LogP contribution in [0.4, 0.5) is 4.79 Å². The number of carbonyl (C=O) groups is 3. The Bertz CT molecular complexity index is 489. The van der Waals surface area contributed by atoms with E-state index in [4.69, 9.17) is 14.2 Å². The van der Waals surface area contributed by atoms with Gasteiger partial charge in [-0.3, -0.25) is 9.59 Å². The van der Waals surface area contributed by atoms with Crippen LogP contribution in [-0.2, 0) is 23.8 Å². The molecule has 1 saturated carbocycles. The molecule has 0 unspecified atom stereocenters. The number of amides is 2. The molecule has 26 heavy (non-hydrogen) atoms. The van der Waals surface area contributed by atoms with Crippen molar-refractivity contribution in [2.45, 2.75) is 58.6 Å². The number of carbonyl (C=O) groups excluding carboxylic acids is 3. The Kier molecular flexibility index (Phi) is 8.84. The van der Waals surface area contributed by atoms with Crippen molar-refractivity contribution < 1.29 is 28.6 Å². The predicted octanol–water partition coefficient (Wildman–Crippen LogP) is 1.62. The minimum absolute atomic E-state index is 0.0908. The van der Waals surface area contributed by atoms with Crippen LogP contribution in [0.5, 0.6) is 0 Å². The maximum absolute atomic E-state index is 12.1. The summed E-state index contributed by atoms with van der Waals surface area (Å²) in [5, 5.41) is 5.54. The van der Waals surface area contributed by atoms with E-state index >= 15 is 0 Å². The number of hydrogen-bond donors (Lipinski definition) is 2. The molecule has 0 aliphatic heterocycles. The lowest BCUT2D eigenvalue weighted by Gasteiger charge is -2.24. The Balaban J connectivity index is 2.50. The quantitative estimate of drug-likeness (QED) is 0.496. The van der Waals surface area contributed by atoms with Gasteiger partial charge in [-0.1, -0.05) is 0 Å². The normalized spacial score (nSPS) is 22.6. The second-order valence-electron chi connectivity index (χ2n) is 7.59. The molecule has 0 saturated heterocycles. The van der Waals surface area contributed by atoms with Crippen LogP contribution in [0.25, 0.3) is 0 Å². The first-order valence-electron chi connectivity index (χ1n) is 9.02. The van der Waals surface area contributed by atoms with Gasteiger partial charge in [0.2, 0.25) is 5.91 Å². The Hall–Kier alpha value is -1.83. The first-order valence-corrected chi connectivity index (χ1v) is 9.02. The van der Waals surface area contributed by atoms with Gasteiger partial charge in [0.15, 0.2) is 0 Å². The third-order valence-electron chi connectivity index (χ3n) is 4.18. The monoisotopic (exact) mass is 372 g/mol. The average molecular weight is 372 g/mol. The molecule has 1 aliphatic carbocycles. The molecule has 0 aromatic carbocycles. The molecule has 2 N–H and O–H groups in total. The van der Waals surface area contributed by atoms with Crippen molar-refractivity contribution in [1.82, 2.24) is 10.6 Å². The van der Waals surface area contributed by atoms with Crippen molar-refractivity contribution in [3.05, 3.63) is 0 Å². The van der Waals surface area contributed by atoms with E-state index in [-0.39, 0.29) is 29.8 Å². The molecule has 2 amide bonds. The SMILES string of the molecule is COC(=O)[C@@H]1C[C@@H](CCOCCNC(C)=O)[C@H](NC(=O)OC(C)(C)C)C1. The fraction of sp³-hybridized carbons (Fsp3) is 0.833. The molecule has 0 radical (unpaired) electrons. The minimum atomic E-state index is -0.577. The highest BCUT2D eigenvalue weighted by atomic mass is 16.6. The average Bonchev–Trinajstić information content (AvgIpc) is 2.90. The largest absolute Gasteiger partial charge is 0.469 e. The van der Waals surface area contributed by atoms with Crippen LogP contribution in [0.3, 0.4) is 0 Å². The number of hydrogen-bond acceptors (Lipinski definition) is 6. The van der Waals surface area contributed by atoms with Gasteiger partial charge in [-0.2, -0.15) is 0 Å². The summed E-state index contributed by atoms with van der Waals surface area (Å²) >= 11 is 0. The van der Waals surface area contributed by atoms with Gasteiger partial charge in [0.25, 0.3) is 0 Å². The maximum Gasteiger partial charge on any atom is 0.407 e. The van der Waals surface area contributed by atoms with Crippen molar-refractivity contribution in [2.24, 2.45) is 11.8 Å². The summed E-state index contributed by atoms with van der Waals surface area (Å²) in [5.41, 5.74) is -0.577. The van der Waals surface area contributed by atoms with Crippen LogP contribution in [0, 0.1) is 11.8 Å². The molecule has 150 valence electrons. The zero-order chi connectivity index (χ0) is 19.7. The number of ether oxygens (including phenoxy) is 3. The highest BCUT2D eigenvalue weighted by Gasteiger charge is 2.39. The zero-order valence-corrected chi connectivity index (χ0v) is 16.4. The minimum Gasteiger partial charge on any atom is -0.469 e. The van der Waals surface area contributed by atoms with Crippen molar-refractivity contribution >= 4 is 18.0 Å². The molecule has 1 rings (SSSR count). The molecule has 0 aromatic heterocycles. The Labute approximate surface area is 155 Å². The Morgan fingerprint density at radius 2 is 1.81 bits per heavy atom. The Morgan fingerprint density at radius 1 is 1.12 bits per heavy atom. The summed E-state index contributed by atoms with van der Waals surface area (Å²) in [6.07, 6.45) is 1.39. The Morgan fingerprint density at radius 3 is 2.38 bits per heavy atom. The number of methoxy groups -OCH3 is 1. The molecule has 3 atom stereocenters. The van der Waals surface area contributed by atoms with Crippen LogP contribution in [-0.4, -0.2) is 56.5 Å². The molecular formula is C18H32N2O6. The molecular weight excluding hydrogens is 340 g/mol. The van der Waals surface area contributed by atoms with Crippen LogP contribution in [0.1, 0.15) is 47.0 Å². The van der Waals surface area contributed by atoms with Gasteiger partial charge < -0.3 is 24.8 Å². The summed E-state index contributed by atoms with van der Waals surface area (Å²) in [5.74, 6) is -0.473. The predicted molar refractivity (Wildman–Crippen MR) is 95.5 cm³/mol.